The molecule has 26 heavy (non-hydrogen) atoms. The highest BCUT2D eigenvalue weighted by atomic mass is 35.5. The molecule has 134 valence electrons. The molecule has 1 heterocycles. The van der Waals surface area contributed by atoms with Crippen LogP contribution in [0.3, 0.4) is 0 Å². The first-order chi connectivity index (χ1) is 12.4. The Morgan fingerprint density at radius 2 is 1.77 bits per heavy atom. The van der Waals surface area contributed by atoms with Crippen LogP contribution in [0, 0.1) is 6.92 Å². The molecule has 2 aromatic carbocycles. The van der Waals surface area contributed by atoms with Crippen molar-refractivity contribution in [2.45, 2.75) is 11.3 Å². The van der Waals surface area contributed by atoms with E-state index in [1.807, 2.05) is 6.07 Å². The highest BCUT2D eigenvalue weighted by molar-refractivity contribution is 7.94. The Morgan fingerprint density at radius 3 is 2.50 bits per heavy atom. The van der Waals surface area contributed by atoms with Crippen LogP contribution in [-0.4, -0.2) is 24.5 Å². The average molecular weight is 409 g/mol. The number of nitrogens with zero attached hydrogens (tertiary/aromatic N) is 2. The summed E-state index contributed by atoms with van der Waals surface area (Å²) in [5, 5.41) is 10.3. The Hall–Kier alpha value is -2.49. The van der Waals surface area contributed by atoms with Crippen LogP contribution in [0.25, 0.3) is 0 Å². The van der Waals surface area contributed by atoms with Crippen LogP contribution in [0.2, 0.25) is 5.02 Å². The Balaban J connectivity index is 1.78. The van der Waals surface area contributed by atoms with Crippen molar-refractivity contribution in [3.8, 4) is 0 Å². The third kappa shape index (κ3) is 4.01. The molecule has 3 aromatic rings. The first-order valence-electron chi connectivity index (χ1n) is 7.34. The zero-order chi connectivity index (χ0) is 18.7. The number of hydrogen-bond donors (Lipinski definition) is 2. The molecule has 0 spiro atoms. The van der Waals surface area contributed by atoms with Crippen LogP contribution in [0.1, 0.15) is 15.9 Å². The summed E-state index contributed by atoms with van der Waals surface area (Å²) in [6.07, 6.45) is 0. The van der Waals surface area contributed by atoms with E-state index in [-0.39, 0.29) is 26.1 Å². The van der Waals surface area contributed by atoms with Gasteiger partial charge in [0.25, 0.3) is 20.3 Å². The first kappa shape index (κ1) is 18.3. The molecule has 0 bridgehead atoms. The second-order valence-corrected chi connectivity index (χ2v) is 8.47. The molecule has 7 nitrogen and oxygen atoms in total. The number of aromatic nitrogens is 2. The van der Waals surface area contributed by atoms with E-state index in [9.17, 15) is 13.2 Å². The number of sulfonamides is 1. The van der Waals surface area contributed by atoms with E-state index >= 15 is 0 Å². The summed E-state index contributed by atoms with van der Waals surface area (Å²) in [5.41, 5.74) is 1.50. The Labute approximate surface area is 159 Å². The molecule has 0 aliphatic carbocycles. The van der Waals surface area contributed by atoms with Gasteiger partial charge in [-0.25, -0.2) is 0 Å². The summed E-state index contributed by atoms with van der Waals surface area (Å²) in [7, 11) is -3.96. The summed E-state index contributed by atoms with van der Waals surface area (Å²) >= 11 is 6.70. The van der Waals surface area contributed by atoms with Gasteiger partial charge in [-0.15, -0.1) is 10.2 Å². The van der Waals surface area contributed by atoms with Crippen molar-refractivity contribution in [2.24, 2.45) is 0 Å². The molecule has 1 amide bonds. The largest absolute Gasteiger partial charge is 0.296 e. The lowest BCUT2D eigenvalue weighted by atomic mass is 10.1. The van der Waals surface area contributed by atoms with Gasteiger partial charge in [-0.1, -0.05) is 53.3 Å². The minimum atomic E-state index is -3.96. The second-order valence-electron chi connectivity index (χ2n) is 5.23. The van der Waals surface area contributed by atoms with Crippen LogP contribution >= 0.6 is 22.9 Å². The molecule has 0 aliphatic heterocycles. The molecule has 0 atom stereocenters. The van der Waals surface area contributed by atoms with Gasteiger partial charge in [0.05, 0.1) is 10.7 Å². The number of carbonyl (C=O) groups excluding carboxylic acids is 1. The smallest absolute Gasteiger partial charge is 0.291 e. The van der Waals surface area contributed by atoms with Crippen LogP contribution < -0.4 is 10.0 Å². The van der Waals surface area contributed by atoms with E-state index < -0.39 is 10.0 Å². The fourth-order valence-electron chi connectivity index (χ4n) is 2.09. The van der Waals surface area contributed by atoms with Gasteiger partial charge in [0.1, 0.15) is 0 Å². The normalized spacial score (nSPS) is 11.2. The Morgan fingerprint density at radius 1 is 1.08 bits per heavy atom. The zero-order valence-electron chi connectivity index (χ0n) is 13.4. The lowest BCUT2D eigenvalue weighted by molar-refractivity contribution is 0.102. The number of anilines is 2. The predicted molar refractivity (Wildman–Crippen MR) is 101 cm³/mol. The third-order valence-electron chi connectivity index (χ3n) is 3.36. The number of benzene rings is 2. The van der Waals surface area contributed by atoms with E-state index in [2.05, 4.69) is 20.2 Å². The minimum absolute atomic E-state index is 0.0813. The Kier molecular flexibility index (Phi) is 5.21. The molecule has 1 aromatic heterocycles. The van der Waals surface area contributed by atoms with Crippen LogP contribution in [0.5, 0.6) is 0 Å². The van der Waals surface area contributed by atoms with Crippen molar-refractivity contribution in [2.75, 3.05) is 10.0 Å². The van der Waals surface area contributed by atoms with Gasteiger partial charge in [-0.3, -0.25) is 14.8 Å². The van der Waals surface area contributed by atoms with Crippen molar-refractivity contribution >= 4 is 49.7 Å². The fourth-order valence-corrected chi connectivity index (χ4v) is 4.31. The van der Waals surface area contributed by atoms with Crippen molar-refractivity contribution in [3.05, 3.63) is 64.7 Å². The van der Waals surface area contributed by atoms with Crippen LogP contribution in [-0.2, 0) is 10.0 Å². The fraction of sp³-hybridized carbons (Fsp3) is 0.0625. The molecule has 0 radical (unpaired) electrons. The van der Waals surface area contributed by atoms with E-state index in [0.29, 0.717) is 5.56 Å². The molecule has 3 rings (SSSR count). The second kappa shape index (κ2) is 7.40. The standard InChI is InChI=1S/C16H13ClN4O3S2/c1-10-6-2-3-7-11(10)14(22)18-15-19-20-16(25-15)26(23,24)21-13-9-5-4-8-12(13)17/h2-9,21H,1H3,(H,18,19,22). The molecule has 0 saturated carbocycles. The molecule has 10 heteroatoms. The molecule has 0 saturated heterocycles. The monoisotopic (exact) mass is 408 g/mol. The summed E-state index contributed by atoms with van der Waals surface area (Å²) in [4.78, 5) is 12.3. The molecular formula is C16H13ClN4O3S2. The van der Waals surface area contributed by atoms with Crippen molar-refractivity contribution in [1.82, 2.24) is 10.2 Å². The van der Waals surface area contributed by atoms with Gasteiger partial charge in [-0.05, 0) is 30.7 Å². The minimum Gasteiger partial charge on any atom is -0.296 e. The highest BCUT2D eigenvalue weighted by Crippen LogP contribution is 2.26. The van der Waals surface area contributed by atoms with Crippen molar-refractivity contribution < 1.29 is 13.2 Å². The van der Waals surface area contributed by atoms with Gasteiger partial charge < -0.3 is 0 Å². The van der Waals surface area contributed by atoms with Crippen molar-refractivity contribution in [1.29, 1.82) is 0 Å². The highest BCUT2D eigenvalue weighted by Gasteiger charge is 2.22. The Bertz CT molecular complexity index is 1070. The number of hydrogen-bond acceptors (Lipinski definition) is 6. The number of carbonyl (C=O) groups is 1. The number of para-hydroxylation sites is 1. The maximum atomic E-state index is 12.4. The van der Waals surface area contributed by atoms with Gasteiger partial charge in [-0.2, -0.15) is 8.42 Å². The van der Waals surface area contributed by atoms with E-state index in [0.717, 1.165) is 16.9 Å². The summed E-state index contributed by atoms with van der Waals surface area (Å²) < 4.78 is 26.9. The van der Waals surface area contributed by atoms with Gasteiger partial charge in [0.2, 0.25) is 5.13 Å². The number of rotatable bonds is 5. The van der Waals surface area contributed by atoms with Crippen molar-refractivity contribution in [3.63, 3.8) is 0 Å². The number of amides is 1. The van der Waals surface area contributed by atoms with Crippen LogP contribution in [0.15, 0.2) is 52.9 Å². The summed E-state index contributed by atoms with van der Waals surface area (Å²) in [6.45, 7) is 1.80. The summed E-state index contributed by atoms with van der Waals surface area (Å²) in [5.74, 6) is -0.387. The SMILES string of the molecule is Cc1ccccc1C(=O)Nc1nnc(S(=O)(=O)Nc2ccccc2Cl)s1. The third-order valence-corrected chi connectivity index (χ3v) is 6.27. The molecule has 0 fully saturated rings. The first-order valence-corrected chi connectivity index (χ1v) is 10.0. The van der Waals surface area contributed by atoms with Gasteiger partial charge in [0, 0.05) is 5.56 Å². The average Bonchev–Trinajstić information content (AvgIpc) is 3.06. The predicted octanol–water partition coefficient (Wildman–Crippen LogP) is 3.55. The molecule has 2 N–H and O–H groups in total. The van der Waals surface area contributed by atoms with Gasteiger partial charge >= 0.3 is 0 Å². The number of nitrogens with one attached hydrogen (secondary N) is 2. The van der Waals surface area contributed by atoms with E-state index in [4.69, 9.17) is 11.6 Å². The molecular weight excluding hydrogens is 396 g/mol. The number of aryl methyl sites for hydroxylation is 1. The number of halogens is 1. The van der Waals surface area contributed by atoms with Gasteiger partial charge in [0.15, 0.2) is 0 Å². The summed E-state index contributed by atoms with van der Waals surface area (Å²) in [6, 6.07) is 13.5. The lowest BCUT2D eigenvalue weighted by Crippen LogP contribution is -2.13. The maximum Gasteiger partial charge on any atom is 0.291 e. The molecule has 0 aliphatic rings. The van der Waals surface area contributed by atoms with E-state index in [1.54, 1.807) is 43.3 Å². The maximum absolute atomic E-state index is 12.4. The molecule has 0 unspecified atom stereocenters. The quantitative estimate of drug-likeness (QED) is 0.628. The van der Waals surface area contributed by atoms with Crippen LogP contribution in [0.4, 0.5) is 10.8 Å². The zero-order valence-corrected chi connectivity index (χ0v) is 15.8. The van der Waals surface area contributed by atoms with E-state index in [1.165, 1.54) is 6.07 Å². The lowest BCUT2D eigenvalue weighted by Gasteiger charge is -2.06. The topological polar surface area (TPSA) is 101 Å².